The van der Waals surface area contributed by atoms with Gasteiger partial charge in [-0.05, 0) is 36.4 Å². The fourth-order valence-corrected chi connectivity index (χ4v) is 3.57. The van der Waals surface area contributed by atoms with E-state index in [1.807, 2.05) is 54.6 Å². The Bertz CT molecular complexity index is 1440. The van der Waals surface area contributed by atoms with Crippen LogP contribution in [0.1, 0.15) is 0 Å². The second-order valence-electron chi connectivity index (χ2n) is 7.30. The van der Waals surface area contributed by atoms with Crippen molar-refractivity contribution >= 4 is 34.0 Å². The number of nitrogens with two attached hydrogens (primary N) is 2. The molecule has 5 N–H and O–H groups in total. The van der Waals surface area contributed by atoms with Crippen molar-refractivity contribution in [1.29, 1.82) is 0 Å². The van der Waals surface area contributed by atoms with Crippen molar-refractivity contribution in [3.63, 3.8) is 0 Å². The first kappa shape index (κ1) is 19.4. The van der Waals surface area contributed by atoms with Crippen molar-refractivity contribution in [2.24, 2.45) is 0 Å². The fraction of sp³-hybridized carbons (Fsp3) is 0. The van der Waals surface area contributed by atoms with Crippen LogP contribution in [0, 0.1) is 5.82 Å². The second kappa shape index (κ2) is 7.96. The Kier molecular flexibility index (Phi) is 4.84. The number of aromatic nitrogens is 3. The molecular formula is C25H19FN6. The van der Waals surface area contributed by atoms with Crippen LogP contribution in [0.15, 0.2) is 84.9 Å². The van der Waals surface area contributed by atoms with E-state index in [9.17, 15) is 4.39 Å². The summed E-state index contributed by atoms with van der Waals surface area (Å²) in [6.07, 6.45) is 0. The summed E-state index contributed by atoms with van der Waals surface area (Å²) < 4.78 is 14.2. The normalized spacial score (nSPS) is 10.9. The lowest BCUT2D eigenvalue weighted by molar-refractivity contribution is 0.631. The molecule has 0 aliphatic heterocycles. The van der Waals surface area contributed by atoms with E-state index < -0.39 is 0 Å². The van der Waals surface area contributed by atoms with Crippen LogP contribution < -0.4 is 16.8 Å². The van der Waals surface area contributed by atoms with Gasteiger partial charge in [-0.25, -0.2) is 14.4 Å². The highest BCUT2D eigenvalue weighted by Crippen LogP contribution is 2.30. The zero-order valence-corrected chi connectivity index (χ0v) is 17.0. The summed E-state index contributed by atoms with van der Waals surface area (Å²) in [5, 5.41) is 4.01. The minimum absolute atomic E-state index is 0.0442. The SMILES string of the molecule is Nc1nc(Nc2ccc3nc(-c4ccccc4)cc(N)c3c2)cc(-c2ccccc2F)n1. The Balaban J connectivity index is 1.50. The molecule has 0 unspecified atom stereocenters. The molecule has 0 bridgehead atoms. The number of hydrogen-bond acceptors (Lipinski definition) is 6. The first-order valence-electron chi connectivity index (χ1n) is 9.99. The van der Waals surface area contributed by atoms with E-state index in [1.54, 1.807) is 24.3 Å². The Labute approximate surface area is 183 Å². The summed E-state index contributed by atoms with van der Waals surface area (Å²) in [5.74, 6) is 0.112. The largest absolute Gasteiger partial charge is 0.398 e. The molecule has 156 valence electrons. The highest BCUT2D eigenvalue weighted by atomic mass is 19.1. The van der Waals surface area contributed by atoms with E-state index >= 15 is 0 Å². The third-order valence-electron chi connectivity index (χ3n) is 5.08. The monoisotopic (exact) mass is 422 g/mol. The smallest absolute Gasteiger partial charge is 0.222 e. The molecule has 32 heavy (non-hydrogen) atoms. The van der Waals surface area contributed by atoms with E-state index in [2.05, 4.69) is 15.3 Å². The lowest BCUT2D eigenvalue weighted by Gasteiger charge is -2.11. The van der Waals surface area contributed by atoms with E-state index in [-0.39, 0.29) is 11.8 Å². The number of nitrogens with one attached hydrogen (secondary N) is 1. The maximum absolute atomic E-state index is 14.2. The molecule has 5 aromatic rings. The van der Waals surface area contributed by atoms with Crippen molar-refractivity contribution in [2.45, 2.75) is 0 Å². The van der Waals surface area contributed by atoms with Gasteiger partial charge in [-0.2, -0.15) is 4.98 Å². The number of hydrogen-bond donors (Lipinski definition) is 3. The molecule has 0 spiro atoms. The molecule has 6 nitrogen and oxygen atoms in total. The molecule has 2 heterocycles. The minimum Gasteiger partial charge on any atom is -0.398 e. The summed E-state index contributed by atoms with van der Waals surface area (Å²) in [7, 11) is 0. The van der Waals surface area contributed by atoms with Crippen molar-refractivity contribution in [3.05, 3.63) is 90.7 Å². The number of nitrogens with zero attached hydrogens (tertiary/aromatic N) is 3. The quantitative estimate of drug-likeness (QED) is 0.358. The third-order valence-corrected chi connectivity index (χ3v) is 5.08. The van der Waals surface area contributed by atoms with Gasteiger partial charge >= 0.3 is 0 Å². The van der Waals surface area contributed by atoms with Gasteiger partial charge in [-0.3, -0.25) is 0 Å². The van der Waals surface area contributed by atoms with E-state index in [4.69, 9.17) is 16.5 Å². The number of halogens is 1. The van der Waals surface area contributed by atoms with Gasteiger partial charge in [0.1, 0.15) is 11.6 Å². The highest BCUT2D eigenvalue weighted by Gasteiger charge is 2.11. The summed E-state index contributed by atoms with van der Waals surface area (Å²) in [6.45, 7) is 0. The molecule has 5 rings (SSSR count). The number of anilines is 4. The van der Waals surface area contributed by atoms with Crippen LogP contribution in [0.5, 0.6) is 0 Å². The molecule has 0 saturated carbocycles. The number of rotatable bonds is 4. The predicted molar refractivity (Wildman–Crippen MR) is 127 cm³/mol. The van der Waals surface area contributed by atoms with Gasteiger partial charge in [-0.1, -0.05) is 42.5 Å². The molecule has 3 aromatic carbocycles. The summed E-state index contributed by atoms with van der Waals surface area (Å²) in [6, 6.07) is 25.5. The summed E-state index contributed by atoms with van der Waals surface area (Å²) in [4.78, 5) is 13.1. The number of fused-ring (bicyclic) bond motifs is 1. The van der Waals surface area contributed by atoms with Crippen molar-refractivity contribution < 1.29 is 4.39 Å². The van der Waals surface area contributed by atoms with Crippen molar-refractivity contribution in [1.82, 2.24) is 15.0 Å². The first-order chi connectivity index (χ1) is 15.6. The van der Waals surface area contributed by atoms with Crippen LogP contribution in [0.3, 0.4) is 0 Å². The molecular weight excluding hydrogens is 403 g/mol. The standard InChI is InChI=1S/C25H19FN6/c26-19-9-5-4-8-17(19)23-14-24(32-25(28)31-23)29-16-10-11-21-18(12-16)20(27)13-22(30-21)15-6-2-1-3-7-15/h1-14H,(H2,27,30)(H3,28,29,31,32). The summed E-state index contributed by atoms with van der Waals surface area (Å²) >= 11 is 0. The van der Waals surface area contributed by atoms with Gasteiger partial charge in [0.05, 0.1) is 16.9 Å². The maximum atomic E-state index is 14.2. The van der Waals surface area contributed by atoms with Crippen LogP contribution in [0.4, 0.5) is 27.5 Å². The van der Waals surface area contributed by atoms with E-state index in [0.717, 1.165) is 27.8 Å². The van der Waals surface area contributed by atoms with E-state index in [0.29, 0.717) is 22.8 Å². The molecule has 7 heteroatoms. The lowest BCUT2D eigenvalue weighted by Crippen LogP contribution is -2.02. The molecule has 0 aliphatic carbocycles. The summed E-state index contributed by atoms with van der Waals surface area (Å²) in [5.41, 5.74) is 16.9. The molecule has 0 saturated heterocycles. The average molecular weight is 422 g/mol. The molecule has 2 aromatic heterocycles. The zero-order chi connectivity index (χ0) is 22.1. The maximum Gasteiger partial charge on any atom is 0.222 e. The van der Waals surface area contributed by atoms with Crippen molar-refractivity contribution in [2.75, 3.05) is 16.8 Å². The van der Waals surface area contributed by atoms with Crippen LogP contribution in [-0.4, -0.2) is 15.0 Å². The van der Waals surface area contributed by atoms with Crippen LogP contribution in [-0.2, 0) is 0 Å². The van der Waals surface area contributed by atoms with Gasteiger partial charge in [0.15, 0.2) is 0 Å². The molecule has 0 radical (unpaired) electrons. The molecule has 0 fully saturated rings. The number of pyridine rings is 1. The van der Waals surface area contributed by atoms with Gasteiger partial charge in [0.2, 0.25) is 5.95 Å². The van der Waals surface area contributed by atoms with Crippen LogP contribution >= 0.6 is 0 Å². The topological polar surface area (TPSA) is 103 Å². The van der Waals surface area contributed by atoms with Crippen LogP contribution in [0.25, 0.3) is 33.4 Å². The molecule has 0 amide bonds. The van der Waals surface area contributed by atoms with Crippen molar-refractivity contribution in [3.8, 4) is 22.5 Å². The van der Waals surface area contributed by atoms with Gasteiger partial charge < -0.3 is 16.8 Å². The number of nitrogen functional groups attached to an aromatic ring is 2. The second-order valence-corrected chi connectivity index (χ2v) is 7.30. The van der Waals surface area contributed by atoms with Gasteiger partial charge in [-0.15, -0.1) is 0 Å². The fourth-order valence-electron chi connectivity index (χ4n) is 3.57. The lowest BCUT2D eigenvalue weighted by atomic mass is 10.1. The predicted octanol–water partition coefficient (Wildman–Crippen LogP) is 5.41. The Morgan fingerprint density at radius 2 is 1.50 bits per heavy atom. The average Bonchev–Trinajstić information content (AvgIpc) is 2.80. The zero-order valence-electron chi connectivity index (χ0n) is 17.0. The van der Waals surface area contributed by atoms with Crippen LogP contribution in [0.2, 0.25) is 0 Å². The Morgan fingerprint density at radius 3 is 2.31 bits per heavy atom. The van der Waals surface area contributed by atoms with Gasteiger partial charge in [0.25, 0.3) is 0 Å². The van der Waals surface area contributed by atoms with E-state index in [1.165, 1.54) is 6.07 Å². The Hall–Kier alpha value is -4.52. The Morgan fingerprint density at radius 1 is 0.719 bits per heavy atom. The third kappa shape index (κ3) is 3.79. The molecule has 0 atom stereocenters. The molecule has 0 aliphatic rings. The highest BCUT2D eigenvalue weighted by molar-refractivity contribution is 5.95. The first-order valence-corrected chi connectivity index (χ1v) is 9.99. The van der Waals surface area contributed by atoms with Gasteiger partial charge in [0, 0.05) is 34.0 Å². The number of benzene rings is 3. The minimum atomic E-state index is -0.379.